The lowest BCUT2D eigenvalue weighted by Gasteiger charge is -2.37. The van der Waals surface area contributed by atoms with Crippen molar-refractivity contribution < 1.29 is 14.3 Å². The van der Waals surface area contributed by atoms with E-state index < -0.39 is 5.79 Å². The van der Waals surface area contributed by atoms with E-state index in [0.717, 1.165) is 5.69 Å². The number of piperidine rings is 1. The van der Waals surface area contributed by atoms with Gasteiger partial charge in [-0.3, -0.25) is 9.59 Å². The molecule has 0 aliphatic carbocycles. The van der Waals surface area contributed by atoms with E-state index in [1.807, 2.05) is 18.4 Å². The molecule has 7 heteroatoms. The summed E-state index contributed by atoms with van der Waals surface area (Å²) in [5, 5.41) is 0.485. The molecular formula is C19H23N3O4. The van der Waals surface area contributed by atoms with Gasteiger partial charge in [-0.15, -0.1) is 0 Å². The zero-order chi connectivity index (χ0) is 18.3. The summed E-state index contributed by atoms with van der Waals surface area (Å²) in [6.07, 6.45) is 2.91. The van der Waals surface area contributed by atoms with Gasteiger partial charge in [0.2, 0.25) is 5.43 Å². The highest BCUT2D eigenvalue weighted by Gasteiger charge is 2.41. The fourth-order valence-electron chi connectivity index (χ4n) is 3.76. The molecule has 2 aromatic heterocycles. The van der Waals surface area contributed by atoms with E-state index in [9.17, 15) is 9.59 Å². The number of ether oxygens (including phenoxy) is 2. The first-order valence-electron chi connectivity index (χ1n) is 9.11. The van der Waals surface area contributed by atoms with E-state index in [4.69, 9.17) is 9.47 Å². The molecule has 0 bridgehead atoms. The van der Waals surface area contributed by atoms with Crippen LogP contribution in [0.3, 0.4) is 0 Å². The fraction of sp³-hybridized carbons (Fsp3) is 0.526. The molecule has 2 aliphatic rings. The number of nitrogens with zero attached hydrogens (tertiary/aromatic N) is 3. The molecule has 2 aromatic rings. The molecule has 26 heavy (non-hydrogen) atoms. The molecule has 4 rings (SSSR count). The van der Waals surface area contributed by atoms with Crippen LogP contribution in [0.5, 0.6) is 0 Å². The number of fused-ring (bicyclic) bond motifs is 1. The molecule has 0 radical (unpaired) electrons. The Morgan fingerprint density at radius 2 is 1.92 bits per heavy atom. The van der Waals surface area contributed by atoms with Crippen LogP contribution in [0.2, 0.25) is 0 Å². The van der Waals surface area contributed by atoms with Crippen LogP contribution >= 0.6 is 0 Å². The van der Waals surface area contributed by atoms with Crippen LogP contribution in [0.15, 0.2) is 23.1 Å². The van der Waals surface area contributed by atoms with Crippen molar-refractivity contribution in [3.8, 4) is 0 Å². The maximum absolute atomic E-state index is 13.0. The lowest BCUT2D eigenvalue weighted by atomic mass is 10.0. The number of pyridine rings is 2. The van der Waals surface area contributed by atoms with Crippen LogP contribution in [0.4, 0.5) is 0 Å². The average molecular weight is 357 g/mol. The van der Waals surface area contributed by atoms with Gasteiger partial charge in [0, 0.05) is 44.4 Å². The lowest BCUT2D eigenvalue weighted by Crippen LogP contribution is -2.48. The number of hydrogen-bond acceptors (Lipinski definition) is 5. The van der Waals surface area contributed by atoms with E-state index >= 15 is 0 Å². The predicted octanol–water partition coefficient (Wildman–Crippen LogP) is 1.70. The van der Waals surface area contributed by atoms with Gasteiger partial charge >= 0.3 is 0 Å². The minimum absolute atomic E-state index is 0.203. The molecule has 2 aliphatic heterocycles. The average Bonchev–Trinajstić information content (AvgIpc) is 3.10. The molecule has 0 atom stereocenters. The second kappa shape index (κ2) is 6.48. The van der Waals surface area contributed by atoms with E-state index in [1.54, 1.807) is 23.2 Å². The van der Waals surface area contributed by atoms with Crippen LogP contribution < -0.4 is 5.43 Å². The first-order chi connectivity index (χ1) is 12.5. The smallest absolute Gasteiger partial charge is 0.259 e. The minimum Gasteiger partial charge on any atom is -0.347 e. The molecule has 2 saturated heterocycles. The maximum atomic E-state index is 13.0. The Hall–Kier alpha value is -2.25. The number of carbonyl (C=O) groups is 1. The summed E-state index contributed by atoms with van der Waals surface area (Å²) in [4.78, 5) is 32.1. The Balaban J connectivity index is 1.66. The SMILES string of the molecule is CCn1cc(C(=O)N2CCC3(CC2)OCCO3)c(=O)c2ccc(C)nc21. The van der Waals surface area contributed by atoms with Crippen molar-refractivity contribution in [2.24, 2.45) is 0 Å². The number of amides is 1. The highest BCUT2D eigenvalue weighted by Crippen LogP contribution is 2.31. The van der Waals surface area contributed by atoms with Gasteiger partial charge in [-0.05, 0) is 26.0 Å². The van der Waals surface area contributed by atoms with Gasteiger partial charge in [-0.2, -0.15) is 0 Å². The van der Waals surface area contributed by atoms with Crippen molar-refractivity contribution in [2.75, 3.05) is 26.3 Å². The Kier molecular flexibility index (Phi) is 4.28. The van der Waals surface area contributed by atoms with Gasteiger partial charge in [0.1, 0.15) is 11.2 Å². The van der Waals surface area contributed by atoms with Gasteiger partial charge in [-0.25, -0.2) is 4.98 Å². The first kappa shape index (κ1) is 17.2. The highest BCUT2D eigenvalue weighted by atomic mass is 16.7. The van der Waals surface area contributed by atoms with Gasteiger partial charge in [0.05, 0.1) is 18.6 Å². The van der Waals surface area contributed by atoms with Gasteiger partial charge < -0.3 is 18.9 Å². The first-order valence-corrected chi connectivity index (χ1v) is 9.11. The van der Waals surface area contributed by atoms with Crippen molar-refractivity contribution in [3.05, 3.63) is 39.8 Å². The molecule has 1 amide bonds. The summed E-state index contributed by atoms with van der Waals surface area (Å²) in [5.74, 6) is -0.766. The summed E-state index contributed by atoms with van der Waals surface area (Å²) in [5.41, 5.74) is 1.42. The summed E-state index contributed by atoms with van der Waals surface area (Å²) >= 11 is 0. The second-order valence-electron chi connectivity index (χ2n) is 6.88. The van der Waals surface area contributed by atoms with Crippen LogP contribution in [0, 0.1) is 6.92 Å². The predicted molar refractivity (Wildman–Crippen MR) is 96.2 cm³/mol. The fourth-order valence-corrected chi connectivity index (χ4v) is 3.76. The Morgan fingerprint density at radius 3 is 2.58 bits per heavy atom. The highest BCUT2D eigenvalue weighted by molar-refractivity contribution is 5.97. The van der Waals surface area contributed by atoms with Gasteiger partial charge in [0.25, 0.3) is 5.91 Å². The van der Waals surface area contributed by atoms with E-state index in [1.165, 1.54) is 0 Å². The molecule has 4 heterocycles. The topological polar surface area (TPSA) is 73.7 Å². The van der Waals surface area contributed by atoms with Gasteiger partial charge in [0.15, 0.2) is 5.79 Å². The number of aromatic nitrogens is 2. The molecular weight excluding hydrogens is 334 g/mol. The Morgan fingerprint density at radius 1 is 1.23 bits per heavy atom. The number of hydrogen-bond donors (Lipinski definition) is 0. The molecule has 1 spiro atoms. The normalized spacial score (nSPS) is 19.4. The van der Waals surface area contributed by atoms with Crippen LogP contribution in [-0.2, 0) is 16.0 Å². The van der Waals surface area contributed by atoms with Gasteiger partial charge in [-0.1, -0.05) is 0 Å². The summed E-state index contributed by atoms with van der Waals surface area (Å²) in [6.45, 7) is 6.75. The van der Waals surface area contributed by atoms with Crippen LogP contribution in [0.1, 0.15) is 35.8 Å². The van der Waals surface area contributed by atoms with Crippen molar-refractivity contribution in [3.63, 3.8) is 0 Å². The third-order valence-electron chi connectivity index (χ3n) is 5.26. The largest absolute Gasteiger partial charge is 0.347 e. The summed E-state index contributed by atoms with van der Waals surface area (Å²) < 4.78 is 13.3. The molecule has 0 aromatic carbocycles. The van der Waals surface area contributed by atoms with Crippen LogP contribution in [0.25, 0.3) is 11.0 Å². The summed E-state index contributed by atoms with van der Waals surface area (Å²) in [7, 11) is 0. The molecule has 138 valence electrons. The number of aryl methyl sites for hydroxylation is 2. The van der Waals surface area contributed by atoms with Crippen molar-refractivity contribution >= 4 is 16.9 Å². The van der Waals surface area contributed by atoms with Crippen molar-refractivity contribution in [2.45, 2.75) is 39.0 Å². The Bertz CT molecular complexity index is 905. The maximum Gasteiger partial charge on any atom is 0.259 e. The van der Waals surface area contributed by atoms with Crippen molar-refractivity contribution in [1.29, 1.82) is 0 Å². The van der Waals surface area contributed by atoms with E-state index in [2.05, 4.69) is 4.98 Å². The standard InChI is InChI=1S/C19H23N3O4/c1-3-21-12-15(16(23)14-5-4-13(2)20-17(14)21)18(24)22-8-6-19(7-9-22)25-10-11-26-19/h4-5,12H,3,6-11H2,1-2H3. The second-order valence-corrected chi connectivity index (χ2v) is 6.88. The molecule has 7 nitrogen and oxygen atoms in total. The Labute approximate surface area is 151 Å². The van der Waals surface area contributed by atoms with E-state index in [0.29, 0.717) is 56.7 Å². The monoisotopic (exact) mass is 357 g/mol. The third kappa shape index (κ3) is 2.81. The van der Waals surface area contributed by atoms with Crippen molar-refractivity contribution in [1.82, 2.24) is 14.5 Å². The quantitative estimate of drug-likeness (QED) is 0.818. The van der Waals surface area contributed by atoms with E-state index in [-0.39, 0.29) is 16.9 Å². The third-order valence-corrected chi connectivity index (χ3v) is 5.26. The zero-order valence-electron chi connectivity index (χ0n) is 15.2. The minimum atomic E-state index is -0.536. The molecule has 0 N–H and O–H groups in total. The number of rotatable bonds is 2. The number of likely N-dealkylation sites (tertiary alicyclic amines) is 1. The lowest BCUT2D eigenvalue weighted by molar-refractivity contribution is -0.181. The zero-order valence-corrected chi connectivity index (χ0v) is 15.2. The van der Waals surface area contributed by atoms with Crippen LogP contribution in [-0.4, -0.2) is 52.4 Å². The molecule has 0 unspecified atom stereocenters. The molecule has 0 saturated carbocycles. The molecule has 2 fully saturated rings. The summed E-state index contributed by atoms with van der Waals surface area (Å²) in [6, 6.07) is 3.56. The number of carbonyl (C=O) groups excluding carboxylic acids is 1.